The van der Waals surface area contributed by atoms with Crippen LogP contribution in [-0.2, 0) is 9.53 Å². The van der Waals surface area contributed by atoms with Gasteiger partial charge in [-0.1, -0.05) is 6.07 Å². The molecule has 17 heavy (non-hydrogen) atoms. The van der Waals surface area contributed by atoms with E-state index in [9.17, 15) is 4.79 Å². The van der Waals surface area contributed by atoms with E-state index in [1.54, 1.807) is 19.1 Å². The van der Waals surface area contributed by atoms with Crippen LogP contribution in [0.5, 0.6) is 0 Å². The van der Waals surface area contributed by atoms with Gasteiger partial charge in [0.25, 0.3) is 0 Å². The number of hydrogen-bond acceptors (Lipinski definition) is 5. The molecule has 88 valence electrons. The molecule has 0 aliphatic heterocycles. The number of hydrogen-bond donors (Lipinski definition) is 1. The molecule has 1 aromatic heterocycles. The molecule has 1 rings (SSSR count). The fourth-order valence-corrected chi connectivity index (χ4v) is 1.12. The summed E-state index contributed by atoms with van der Waals surface area (Å²) < 4.78 is 4.72. The van der Waals surface area contributed by atoms with Gasteiger partial charge >= 0.3 is 5.97 Å². The van der Waals surface area contributed by atoms with E-state index < -0.39 is 5.97 Å². The van der Waals surface area contributed by atoms with E-state index in [1.807, 2.05) is 19.1 Å². The first kappa shape index (κ1) is 12.7. The van der Waals surface area contributed by atoms with E-state index in [0.29, 0.717) is 5.82 Å². The zero-order chi connectivity index (χ0) is 12.7. The van der Waals surface area contributed by atoms with Crippen molar-refractivity contribution in [1.82, 2.24) is 4.98 Å². The minimum Gasteiger partial charge on any atom is -0.462 e. The molecule has 1 aromatic rings. The third kappa shape index (κ3) is 3.95. The molecule has 0 spiro atoms. The molecule has 0 aliphatic rings. The van der Waals surface area contributed by atoms with Gasteiger partial charge < -0.3 is 10.1 Å². The number of nitrogens with one attached hydrogen (secondary N) is 1. The highest BCUT2D eigenvalue weighted by Gasteiger charge is 2.08. The lowest BCUT2D eigenvalue weighted by Crippen LogP contribution is -2.08. The molecule has 0 atom stereocenters. The highest BCUT2D eigenvalue weighted by atomic mass is 16.5. The molecular formula is C12H13N3O2. The Hall–Kier alpha value is -2.35. The maximum absolute atomic E-state index is 11.3. The molecule has 0 fully saturated rings. The number of pyridine rings is 1. The zero-order valence-electron chi connectivity index (χ0n) is 9.73. The lowest BCUT2D eigenvalue weighted by Gasteiger charge is -2.02. The molecule has 0 aliphatic carbocycles. The Kier molecular flexibility index (Phi) is 4.70. The van der Waals surface area contributed by atoms with E-state index in [1.165, 1.54) is 6.20 Å². The van der Waals surface area contributed by atoms with Gasteiger partial charge in [-0.05, 0) is 26.0 Å². The van der Waals surface area contributed by atoms with Gasteiger partial charge in [0.05, 0.1) is 6.61 Å². The number of esters is 1. The molecule has 0 bridgehead atoms. The largest absolute Gasteiger partial charge is 0.462 e. The fraction of sp³-hybridized carbons (Fsp3) is 0.250. The van der Waals surface area contributed by atoms with Gasteiger partial charge in [0.1, 0.15) is 11.9 Å². The summed E-state index contributed by atoms with van der Waals surface area (Å²) in [5.41, 5.74) is 0.758. The number of aryl methyl sites for hydroxylation is 1. The van der Waals surface area contributed by atoms with Crippen LogP contribution in [0, 0.1) is 18.3 Å². The van der Waals surface area contributed by atoms with E-state index in [-0.39, 0.29) is 12.2 Å². The maximum Gasteiger partial charge on any atom is 0.350 e. The van der Waals surface area contributed by atoms with Crippen LogP contribution in [0.2, 0.25) is 0 Å². The lowest BCUT2D eigenvalue weighted by atomic mass is 10.3. The third-order valence-corrected chi connectivity index (χ3v) is 1.87. The highest BCUT2D eigenvalue weighted by Crippen LogP contribution is 2.05. The second-order valence-corrected chi connectivity index (χ2v) is 3.20. The quantitative estimate of drug-likeness (QED) is 0.485. The molecule has 1 N–H and O–H groups in total. The van der Waals surface area contributed by atoms with Crippen LogP contribution >= 0.6 is 0 Å². The number of anilines is 1. The van der Waals surface area contributed by atoms with Gasteiger partial charge in [-0.25, -0.2) is 9.78 Å². The Labute approximate surface area is 99.7 Å². The van der Waals surface area contributed by atoms with Crippen molar-refractivity contribution >= 4 is 11.8 Å². The first-order valence-corrected chi connectivity index (χ1v) is 5.15. The molecule has 5 nitrogen and oxygen atoms in total. The number of aromatic nitrogens is 1. The predicted octanol–water partition coefficient (Wildman–Crippen LogP) is 1.77. The highest BCUT2D eigenvalue weighted by molar-refractivity contribution is 5.93. The van der Waals surface area contributed by atoms with Crippen molar-refractivity contribution < 1.29 is 9.53 Å². The van der Waals surface area contributed by atoms with Crippen molar-refractivity contribution in [2.24, 2.45) is 0 Å². The average molecular weight is 231 g/mol. The van der Waals surface area contributed by atoms with Crippen molar-refractivity contribution in [3.05, 3.63) is 35.7 Å². The van der Waals surface area contributed by atoms with Crippen LogP contribution in [0.3, 0.4) is 0 Å². The standard InChI is InChI=1S/C12H13N3O2/c1-3-17-12(16)10(7-13)8-14-11-6-4-5-9(2)15-11/h4-6,8H,3H2,1-2H3,(H,14,15)/b10-8+. The molecule has 0 aromatic carbocycles. The topological polar surface area (TPSA) is 75.0 Å². The van der Waals surface area contributed by atoms with Crippen LogP contribution < -0.4 is 5.32 Å². The van der Waals surface area contributed by atoms with Gasteiger partial charge in [-0.2, -0.15) is 5.26 Å². The summed E-state index contributed by atoms with van der Waals surface area (Å²) in [6.45, 7) is 3.77. The fourth-order valence-electron chi connectivity index (χ4n) is 1.12. The van der Waals surface area contributed by atoms with E-state index >= 15 is 0 Å². The van der Waals surface area contributed by atoms with Gasteiger partial charge in [0.15, 0.2) is 5.57 Å². The summed E-state index contributed by atoms with van der Waals surface area (Å²) >= 11 is 0. The Balaban J connectivity index is 2.75. The molecule has 0 radical (unpaired) electrons. The van der Waals surface area contributed by atoms with Crippen molar-refractivity contribution in [1.29, 1.82) is 5.26 Å². The normalized spacial score (nSPS) is 10.5. The summed E-state index contributed by atoms with van der Waals surface area (Å²) in [4.78, 5) is 15.5. The molecule has 0 saturated heterocycles. The number of carbonyl (C=O) groups excluding carboxylic acids is 1. The SMILES string of the molecule is CCOC(=O)/C(C#N)=C/Nc1cccc(C)n1. The number of ether oxygens (including phenoxy) is 1. The second kappa shape index (κ2) is 6.28. The first-order valence-electron chi connectivity index (χ1n) is 5.15. The molecule has 5 heteroatoms. The van der Waals surface area contributed by atoms with Crippen molar-refractivity contribution in [3.8, 4) is 6.07 Å². The van der Waals surface area contributed by atoms with Gasteiger partial charge in [0, 0.05) is 11.9 Å². The minimum absolute atomic E-state index is 0.0878. The minimum atomic E-state index is -0.643. The smallest absolute Gasteiger partial charge is 0.350 e. The molecule has 0 saturated carbocycles. The summed E-state index contributed by atoms with van der Waals surface area (Å²) in [5.74, 6) is -0.0720. The van der Waals surface area contributed by atoms with Gasteiger partial charge in [-0.3, -0.25) is 0 Å². The Bertz CT molecular complexity index is 475. The van der Waals surface area contributed by atoms with E-state index in [2.05, 4.69) is 10.3 Å². The van der Waals surface area contributed by atoms with Crippen molar-refractivity contribution in [2.45, 2.75) is 13.8 Å². The molecule has 0 unspecified atom stereocenters. The lowest BCUT2D eigenvalue weighted by molar-refractivity contribution is -0.138. The van der Waals surface area contributed by atoms with Crippen LogP contribution in [0.25, 0.3) is 0 Å². The predicted molar refractivity (Wildman–Crippen MR) is 62.9 cm³/mol. The van der Waals surface area contributed by atoms with E-state index in [4.69, 9.17) is 10.00 Å². The van der Waals surface area contributed by atoms with Crippen LogP contribution in [0.1, 0.15) is 12.6 Å². The zero-order valence-corrected chi connectivity index (χ0v) is 9.73. The summed E-state index contributed by atoms with van der Waals surface area (Å²) in [7, 11) is 0. The number of nitrogens with zero attached hydrogens (tertiary/aromatic N) is 2. The first-order chi connectivity index (χ1) is 8.17. The maximum atomic E-state index is 11.3. The number of rotatable bonds is 4. The summed E-state index contributed by atoms with van der Waals surface area (Å²) in [6, 6.07) is 7.19. The van der Waals surface area contributed by atoms with Crippen molar-refractivity contribution in [3.63, 3.8) is 0 Å². The van der Waals surface area contributed by atoms with Crippen LogP contribution in [-0.4, -0.2) is 17.6 Å². The van der Waals surface area contributed by atoms with Gasteiger partial charge in [0.2, 0.25) is 0 Å². The van der Waals surface area contributed by atoms with E-state index in [0.717, 1.165) is 5.69 Å². The number of nitriles is 1. The third-order valence-electron chi connectivity index (χ3n) is 1.87. The summed E-state index contributed by atoms with van der Waals surface area (Å²) in [6.07, 6.45) is 1.29. The Morgan fingerprint density at radius 1 is 1.65 bits per heavy atom. The van der Waals surface area contributed by atoms with Crippen LogP contribution in [0.15, 0.2) is 30.0 Å². The summed E-state index contributed by atoms with van der Waals surface area (Å²) in [5, 5.41) is 11.6. The Morgan fingerprint density at radius 3 is 3.00 bits per heavy atom. The van der Waals surface area contributed by atoms with Crippen LogP contribution in [0.4, 0.5) is 5.82 Å². The molecule has 0 amide bonds. The Morgan fingerprint density at radius 2 is 2.41 bits per heavy atom. The van der Waals surface area contributed by atoms with Gasteiger partial charge in [-0.15, -0.1) is 0 Å². The average Bonchev–Trinajstić information content (AvgIpc) is 2.30. The molecular weight excluding hydrogens is 218 g/mol. The second-order valence-electron chi connectivity index (χ2n) is 3.20. The van der Waals surface area contributed by atoms with Crippen molar-refractivity contribution in [2.75, 3.05) is 11.9 Å². The molecule has 1 heterocycles. The monoisotopic (exact) mass is 231 g/mol. The number of carbonyl (C=O) groups is 1.